The summed E-state index contributed by atoms with van der Waals surface area (Å²) in [5, 5.41) is 9.91. The van der Waals surface area contributed by atoms with Crippen LogP contribution in [0, 0.1) is 17.3 Å². The molecule has 0 aliphatic heterocycles. The number of rotatable bonds is 12. The molecule has 0 amide bonds. The van der Waals surface area contributed by atoms with Gasteiger partial charge in [0.15, 0.2) is 0 Å². The molecule has 4 nitrogen and oxygen atoms in total. The zero-order valence-electron chi connectivity index (χ0n) is 15.8. The number of unbranched alkanes of at least 4 members (excludes halogenated alkanes) is 2. The molecule has 0 aromatic carbocycles. The summed E-state index contributed by atoms with van der Waals surface area (Å²) in [7, 11) is 0. The summed E-state index contributed by atoms with van der Waals surface area (Å²) in [6.07, 6.45) is 9.75. The van der Waals surface area contributed by atoms with E-state index in [9.17, 15) is 14.7 Å². The van der Waals surface area contributed by atoms with E-state index in [1.54, 1.807) is 0 Å². The van der Waals surface area contributed by atoms with Crippen LogP contribution in [-0.4, -0.2) is 23.7 Å². The fraction of sp³-hybridized carbons (Fsp3) is 0.900. The molecule has 0 aromatic rings. The van der Waals surface area contributed by atoms with Crippen LogP contribution < -0.4 is 0 Å². The average Bonchev–Trinajstić information content (AvgIpc) is 3.09. The summed E-state index contributed by atoms with van der Waals surface area (Å²) in [6.45, 7) is 6.57. The van der Waals surface area contributed by atoms with Crippen molar-refractivity contribution in [2.45, 2.75) is 91.4 Å². The van der Waals surface area contributed by atoms with Gasteiger partial charge in [0.2, 0.25) is 0 Å². The predicted octanol–water partition coefficient (Wildman–Crippen LogP) is 5.20. The molecular formula is C20H36O4. The van der Waals surface area contributed by atoms with Crippen molar-refractivity contribution in [3.05, 3.63) is 0 Å². The van der Waals surface area contributed by atoms with Crippen LogP contribution in [0.1, 0.15) is 91.4 Å². The first-order chi connectivity index (χ1) is 11.5. The predicted molar refractivity (Wildman–Crippen MR) is 95.8 cm³/mol. The highest BCUT2D eigenvalue weighted by atomic mass is 16.5. The van der Waals surface area contributed by atoms with Gasteiger partial charge in [-0.25, -0.2) is 0 Å². The second-order valence-electron chi connectivity index (χ2n) is 7.29. The zero-order valence-corrected chi connectivity index (χ0v) is 15.8. The van der Waals surface area contributed by atoms with E-state index in [1.165, 1.54) is 0 Å². The highest BCUT2D eigenvalue weighted by Gasteiger charge is 2.54. The first-order valence-electron chi connectivity index (χ1n) is 9.94. The van der Waals surface area contributed by atoms with E-state index >= 15 is 0 Å². The Morgan fingerprint density at radius 1 is 1.08 bits per heavy atom. The highest BCUT2D eigenvalue weighted by Crippen LogP contribution is 2.51. The van der Waals surface area contributed by atoms with Gasteiger partial charge >= 0.3 is 11.9 Å². The number of carboxylic acid groups (broad SMARTS) is 1. The van der Waals surface area contributed by atoms with Crippen LogP contribution >= 0.6 is 0 Å². The standard InChI is InChI=1S/C20H36O4/c1-4-7-14-20(16-12-9-10-13-16,17(11-6-3)18(21)22)19(23)24-15-8-5-2/h16-17H,4-15H2,1-3H3,(H,21,22). The van der Waals surface area contributed by atoms with E-state index in [-0.39, 0.29) is 11.9 Å². The molecule has 2 unspecified atom stereocenters. The Bertz CT molecular complexity index is 387. The lowest BCUT2D eigenvalue weighted by Crippen LogP contribution is -2.48. The van der Waals surface area contributed by atoms with Gasteiger partial charge in [-0.15, -0.1) is 0 Å². The maximum absolute atomic E-state index is 13.2. The SMILES string of the molecule is CCCCOC(=O)C(CCCC)(C1CCCC1)C(CCC)C(=O)O. The second kappa shape index (κ2) is 10.7. The van der Waals surface area contributed by atoms with Gasteiger partial charge in [0.1, 0.15) is 0 Å². The first kappa shape index (κ1) is 21.0. The van der Waals surface area contributed by atoms with Gasteiger partial charge in [-0.05, 0) is 38.0 Å². The smallest absolute Gasteiger partial charge is 0.313 e. The molecule has 0 spiro atoms. The lowest BCUT2D eigenvalue weighted by molar-refractivity contribution is -0.174. The fourth-order valence-electron chi connectivity index (χ4n) is 4.32. The molecule has 1 fully saturated rings. The van der Waals surface area contributed by atoms with E-state index in [4.69, 9.17) is 4.74 Å². The van der Waals surface area contributed by atoms with Crippen LogP contribution in [0.3, 0.4) is 0 Å². The van der Waals surface area contributed by atoms with Crippen molar-refractivity contribution < 1.29 is 19.4 Å². The number of hydrogen-bond donors (Lipinski definition) is 1. The molecule has 1 aliphatic rings. The number of aliphatic carboxylic acids is 1. The molecule has 140 valence electrons. The van der Waals surface area contributed by atoms with Crippen molar-refractivity contribution in [1.29, 1.82) is 0 Å². The average molecular weight is 341 g/mol. The molecule has 0 radical (unpaired) electrons. The maximum Gasteiger partial charge on any atom is 0.313 e. The molecule has 1 saturated carbocycles. The lowest BCUT2D eigenvalue weighted by atomic mass is 9.61. The van der Waals surface area contributed by atoms with Gasteiger partial charge in [-0.1, -0.05) is 59.3 Å². The van der Waals surface area contributed by atoms with Crippen molar-refractivity contribution in [3.8, 4) is 0 Å². The molecule has 24 heavy (non-hydrogen) atoms. The minimum Gasteiger partial charge on any atom is -0.481 e. The first-order valence-corrected chi connectivity index (χ1v) is 9.94. The fourth-order valence-corrected chi connectivity index (χ4v) is 4.32. The molecular weight excluding hydrogens is 304 g/mol. The maximum atomic E-state index is 13.2. The van der Waals surface area contributed by atoms with E-state index < -0.39 is 17.3 Å². The third-order valence-electron chi connectivity index (χ3n) is 5.64. The molecule has 0 bridgehead atoms. The summed E-state index contributed by atoms with van der Waals surface area (Å²) < 4.78 is 5.63. The Morgan fingerprint density at radius 2 is 1.71 bits per heavy atom. The lowest BCUT2D eigenvalue weighted by Gasteiger charge is -2.41. The van der Waals surface area contributed by atoms with Gasteiger partial charge in [0.05, 0.1) is 17.9 Å². The minimum atomic E-state index is -0.831. The third kappa shape index (κ3) is 4.97. The van der Waals surface area contributed by atoms with E-state index in [0.29, 0.717) is 19.4 Å². The molecule has 1 N–H and O–H groups in total. The van der Waals surface area contributed by atoms with E-state index in [2.05, 4.69) is 13.8 Å². The highest BCUT2D eigenvalue weighted by molar-refractivity contribution is 5.85. The van der Waals surface area contributed by atoms with Crippen molar-refractivity contribution in [2.75, 3.05) is 6.61 Å². The van der Waals surface area contributed by atoms with Crippen molar-refractivity contribution >= 4 is 11.9 Å². The Hall–Kier alpha value is -1.06. The van der Waals surface area contributed by atoms with Gasteiger partial charge in [-0.3, -0.25) is 9.59 Å². The van der Waals surface area contributed by atoms with Crippen molar-refractivity contribution in [1.82, 2.24) is 0 Å². The number of carbonyl (C=O) groups excluding carboxylic acids is 1. The number of carbonyl (C=O) groups is 2. The number of ether oxygens (including phenoxy) is 1. The van der Waals surface area contributed by atoms with Gasteiger partial charge in [0.25, 0.3) is 0 Å². The van der Waals surface area contributed by atoms with Gasteiger partial charge < -0.3 is 9.84 Å². The monoisotopic (exact) mass is 340 g/mol. The van der Waals surface area contributed by atoms with Crippen LogP contribution in [0.4, 0.5) is 0 Å². The molecule has 2 atom stereocenters. The number of esters is 1. The summed E-state index contributed by atoms with van der Waals surface area (Å²) in [5.74, 6) is -1.53. The molecule has 0 aromatic heterocycles. The van der Waals surface area contributed by atoms with Crippen LogP contribution in [0.25, 0.3) is 0 Å². The summed E-state index contributed by atoms with van der Waals surface area (Å²) in [4.78, 5) is 25.3. The number of carboxylic acids is 1. The Balaban J connectivity index is 3.19. The molecule has 0 saturated heterocycles. The Morgan fingerprint density at radius 3 is 2.21 bits per heavy atom. The van der Waals surface area contributed by atoms with Gasteiger partial charge in [-0.2, -0.15) is 0 Å². The summed E-state index contributed by atoms with van der Waals surface area (Å²) >= 11 is 0. The third-order valence-corrected chi connectivity index (χ3v) is 5.64. The number of hydrogen-bond acceptors (Lipinski definition) is 3. The Kier molecular flexibility index (Phi) is 9.38. The zero-order chi connectivity index (χ0) is 18.0. The van der Waals surface area contributed by atoms with Crippen LogP contribution in [0.5, 0.6) is 0 Å². The molecule has 1 aliphatic carbocycles. The van der Waals surface area contributed by atoms with E-state index in [1.807, 2.05) is 6.92 Å². The van der Waals surface area contributed by atoms with Crippen LogP contribution in [0.2, 0.25) is 0 Å². The Labute approximate surface area is 147 Å². The van der Waals surface area contributed by atoms with E-state index in [0.717, 1.165) is 57.8 Å². The quantitative estimate of drug-likeness (QED) is 0.392. The topological polar surface area (TPSA) is 63.6 Å². The van der Waals surface area contributed by atoms with Crippen molar-refractivity contribution in [3.63, 3.8) is 0 Å². The summed E-state index contributed by atoms with van der Waals surface area (Å²) in [5.41, 5.74) is -0.831. The largest absolute Gasteiger partial charge is 0.481 e. The van der Waals surface area contributed by atoms with Crippen LogP contribution in [-0.2, 0) is 14.3 Å². The summed E-state index contributed by atoms with van der Waals surface area (Å²) in [6, 6.07) is 0. The van der Waals surface area contributed by atoms with Crippen molar-refractivity contribution in [2.24, 2.45) is 17.3 Å². The normalized spacial score (nSPS) is 19.0. The minimum absolute atomic E-state index is 0.158. The molecule has 1 rings (SSSR count). The molecule has 4 heteroatoms. The van der Waals surface area contributed by atoms with Crippen LogP contribution in [0.15, 0.2) is 0 Å². The van der Waals surface area contributed by atoms with Gasteiger partial charge in [0, 0.05) is 0 Å². The second-order valence-corrected chi connectivity index (χ2v) is 7.29. The molecule has 0 heterocycles.